The van der Waals surface area contributed by atoms with E-state index < -0.39 is 5.82 Å². The Bertz CT molecular complexity index is 472. The smallest absolute Gasteiger partial charge is 0.264 e. The van der Waals surface area contributed by atoms with Crippen molar-refractivity contribution in [2.45, 2.75) is 0 Å². The molecule has 1 heterocycles. The Balaban J connectivity index is 2.55. The first-order chi connectivity index (χ1) is 6.66. The summed E-state index contributed by atoms with van der Waals surface area (Å²) in [5.74, 6) is -0.335. The summed E-state index contributed by atoms with van der Waals surface area (Å²) in [6.07, 6.45) is 0. The second-order valence-corrected chi connectivity index (χ2v) is 3.24. The third-order valence-corrected chi connectivity index (χ3v) is 2.04. The summed E-state index contributed by atoms with van der Waals surface area (Å²) >= 11 is 11.3. The quantitative estimate of drug-likeness (QED) is 0.759. The van der Waals surface area contributed by atoms with Crippen molar-refractivity contribution in [2.75, 3.05) is 0 Å². The van der Waals surface area contributed by atoms with Gasteiger partial charge in [0.1, 0.15) is 5.82 Å². The van der Waals surface area contributed by atoms with Gasteiger partial charge < -0.3 is 4.52 Å². The first-order valence-electron chi connectivity index (χ1n) is 3.61. The van der Waals surface area contributed by atoms with Crippen molar-refractivity contribution in [3.63, 3.8) is 0 Å². The highest BCUT2D eigenvalue weighted by atomic mass is 35.5. The maximum Gasteiger partial charge on any atom is 0.264 e. The summed E-state index contributed by atoms with van der Waals surface area (Å²) < 4.78 is 17.6. The third kappa shape index (κ3) is 1.71. The average molecular weight is 233 g/mol. The monoisotopic (exact) mass is 232 g/mol. The second-order valence-electron chi connectivity index (χ2n) is 2.49. The molecular formula is C8H3Cl2FN2O. The maximum absolute atomic E-state index is 12.9. The lowest BCUT2D eigenvalue weighted by Crippen LogP contribution is -1.81. The normalized spacial score (nSPS) is 10.5. The van der Waals surface area contributed by atoms with Crippen molar-refractivity contribution < 1.29 is 8.91 Å². The molecule has 2 rings (SSSR count). The van der Waals surface area contributed by atoms with Crippen molar-refractivity contribution in [2.24, 2.45) is 0 Å². The molecule has 0 fully saturated rings. The number of aromatic nitrogens is 2. The summed E-state index contributed by atoms with van der Waals surface area (Å²) in [5, 5.41) is 3.65. The van der Waals surface area contributed by atoms with Crippen LogP contribution in [0.4, 0.5) is 4.39 Å². The zero-order valence-corrected chi connectivity index (χ0v) is 8.18. The Labute approximate surface area is 88.4 Å². The lowest BCUT2D eigenvalue weighted by Gasteiger charge is -1.97. The Morgan fingerprint density at radius 3 is 2.71 bits per heavy atom. The van der Waals surface area contributed by atoms with E-state index in [1.165, 1.54) is 18.2 Å². The van der Waals surface area contributed by atoms with Crippen molar-refractivity contribution in [3.8, 4) is 11.5 Å². The minimum atomic E-state index is -0.432. The molecule has 14 heavy (non-hydrogen) atoms. The van der Waals surface area contributed by atoms with E-state index in [0.717, 1.165) is 0 Å². The van der Waals surface area contributed by atoms with Gasteiger partial charge in [-0.25, -0.2) is 4.39 Å². The van der Waals surface area contributed by atoms with Crippen molar-refractivity contribution in [1.29, 1.82) is 0 Å². The fourth-order valence-electron chi connectivity index (χ4n) is 0.976. The van der Waals surface area contributed by atoms with Gasteiger partial charge in [-0.05, 0) is 35.0 Å². The van der Waals surface area contributed by atoms with Gasteiger partial charge in [0.2, 0.25) is 0 Å². The van der Waals surface area contributed by atoms with Gasteiger partial charge in [-0.2, -0.15) is 4.98 Å². The highest BCUT2D eigenvalue weighted by molar-refractivity contribution is 6.33. The first-order valence-corrected chi connectivity index (χ1v) is 4.37. The number of halogens is 3. The molecule has 72 valence electrons. The van der Waals surface area contributed by atoms with E-state index in [4.69, 9.17) is 27.7 Å². The predicted octanol–water partition coefficient (Wildman–Crippen LogP) is 3.18. The molecule has 0 bridgehead atoms. The van der Waals surface area contributed by atoms with E-state index in [-0.39, 0.29) is 11.2 Å². The molecule has 1 aromatic carbocycles. The first kappa shape index (κ1) is 9.43. The standard InChI is InChI=1S/C8H3Cl2FN2O/c9-6-2-1-4(11)3-5(6)7-12-8(10)13-14-7/h1-3H. The van der Waals surface area contributed by atoms with Gasteiger partial charge in [0.15, 0.2) is 0 Å². The van der Waals surface area contributed by atoms with Gasteiger partial charge in [-0.1, -0.05) is 11.6 Å². The maximum atomic E-state index is 12.9. The van der Waals surface area contributed by atoms with Crippen LogP contribution in [0, 0.1) is 5.82 Å². The molecule has 0 amide bonds. The molecule has 0 N–H and O–H groups in total. The van der Waals surface area contributed by atoms with Crippen LogP contribution in [0.3, 0.4) is 0 Å². The molecule has 1 aromatic heterocycles. The summed E-state index contributed by atoms with van der Waals surface area (Å²) in [5.41, 5.74) is 0.325. The van der Waals surface area contributed by atoms with Crippen LogP contribution in [-0.2, 0) is 0 Å². The molecule has 0 aliphatic carbocycles. The molecule has 0 saturated heterocycles. The number of hydrogen-bond donors (Lipinski definition) is 0. The largest absolute Gasteiger partial charge is 0.333 e. The molecule has 0 radical (unpaired) electrons. The Morgan fingerprint density at radius 1 is 1.29 bits per heavy atom. The Hall–Kier alpha value is -1.13. The Kier molecular flexibility index (Phi) is 2.39. The topological polar surface area (TPSA) is 38.9 Å². The molecule has 0 aliphatic heterocycles. The van der Waals surface area contributed by atoms with Crippen LogP contribution in [0.15, 0.2) is 22.7 Å². The third-order valence-electron chi connectivity index (χ3n) is 1.56. The van der Waals surface area contributed by atoms with Gasteiger partial charge in [-0.15, -0.1) is 0 Å². The summed E-state index contributed by atoms with van der Waals surface area (Å²) in [6, 6.07) is 3.85. The van der Waals surface area contributed by atoms with E-state index in [0.29, 0.717) is 10.6 Å². The summed E-state index contributed by atoms with van der Waals surface area (Å²) in [4.78, 5) is 3.72. The predicted molar refractivity (Wildman–Crippen MR) is 49.7 cm³/mol. The molecule has 0 spiro atoms. The molecule has 6 heteroatoms. The van der Waals surface area contributed by atoms with Crippen molar-refractivity contribution >= 4 is 23.2 Å². The Morgan fingerprint density at radius 2 is 2.07 bits per heavy atom. The second kappa shape index (κ2) is 3.55. The minimum Gasteiger partial charge on any atom is -0.333 e. The fraction of sp³-hybridized carbons (Fsp3) is 0. The lowest BCUT2D eigenvalue weighted by molar-refractivity contribution is 0.430. The van der Waals surface area contributed by atoms with Gasteiger partial charge in [0.05, 0.1) is 10.6 Å². The zero-order valence-electron chi connectivity index (χ0n) is 6.67. The van der Waals surface area contributed by atoms with E-state index in [1.54, 1.807) is 0 Å². The van der Waals surface area contributed by atoms with E-state index in [2.05, 4.69) is 10.1 Å². The number of hydrogen-bond acceptors (Lipinski definition) is 3. The molecule has 0 unspecified atom stereocenters. The number of benzene rings is 1. The van der Waals surface area contributed by atoms with Crippen LogP contribution in [0.5, 0.6) is 0 Å². The highest BCUT2D eigenvalue weighted by Crippen LogP contribution is 2.27. The van der Waals surface area contributed by atoms with Gasteiger partial charge in [-0.3, -0.25) is 0 Å². The molecule has 0 saturated carbocycles. The van der Waals surface area contributed by atoms with Crippen LogP contribution in [0.1, 0.15) is 0 Å². The van der Waals surface area contributed by atoms with Gasteiger partial charge in [0.25, 0.3) is 11.2 Å². The zero-order chi connectivity index (χ0) is 10.1. The minimum absolute atomic E-state index is 0.0414. The van der Waals surface area contributed by atoms with E-state index in [9.17, 15) is 4.39 Å². The summed E-state index contributed by atoms with van der Waals surface area (Å²) in [6.45, 7) is 0. The van der Waals surface area contributed by atoms with E-state index >= 15 is 0 Å². The highest BCUT2D eigenvalue weighted by Gasteiger charge is 2.11. The number of nitrogens with zero attached hydrogens (tertiary/aromatic N) is 2. The molecular weight excluding hydrogens is 230 g/mol. The number of rotatable bonds is 1. The van der Waals surface area contributed by atoms with Crippen LogP contribution >= 0.6 is 23.2 Å². The lowest BCUT2D eigenvalue weighted by atomic mass is 10.2. The average Bonchev–Trinajstić information content (AvgIpc) is 2.56. The van der Waals surface area contributed by atoms with Crippen molar-refractivity contribution in [3.05, 3.63) is 34.3 Å². The summed E-state index contributed by atoms with van der Waals surface area (Å²) in [7, 11) is 0. The van der Waals surface area contributed by atoms with E-state index in [1.807, 2.05) is 0 Å². The SMILES string of the molecule is Fc1ccc(Cl)c(-c2nc(Cl)no2)c1. The fourth-order valence-corrected chi connectivity index (χ4v) is 1.29. The van der Waals surface area contributed by atoms with Gasteiger partial charge >= 0.3 is 0 Å². The van der Waals surface area contributed by atoms with Crippen LogP contribution < -0.4 is 0 Å². The molecule has 0 atom stereocenters. The van der Waals surface area contributed by atoms with Crippen LogP contribution in [0.25, 0.3) is 11.5 Å². The molecule has 3 nitrogen and oxygen atoms in total. The van der Waals surface area contributed by atoms with Gasteiger partial charge in [0, 0.05) is 0 Å². The molecule has 2 aromatic rings. The van der Waals surface area contributed by atoms with Crippen LogP contribution in [-0.4, -0.2) is 10.1 Å². The molecule has 0 aliphatic rings. The van der Waals surface area contributed by atoms with Crippen molar-refractivity contribution in [1.82, 2.24) is 10.1 Å². The van der Waals surface area contributed by atoms with Crippen LogP contribution in [0.2, 0.25) is 10.3 Å².